The summed E-state index contributed by atoms with van der Waals surface area (Å²) in [6.45, 7) is 0.669. The SMILES string of the molecule is COc1ccc(C2CC(=O)Nc3c2cnn3Cc2cccs2)cc1. The van der Waals surface area contributed by atoms with Crippen LogP contribution in [0.2, 0.25) is 0 Å². The van der Waals surface area contributed by atoms with Gasteiger partial charge in [-0.3, -0.25) is 4.79 Å². The average Bonchev–Trinajstić information content (AvgIpc) is 3.25. The van der Waals surface area contributed by atoms with E-state index in [2.05, 4.69) is 16.5 Å². The molecule has 1 unspecified atom stereocenters. The zero-order valence-corrected chi connectivity index (χ0v) is 14.0. The lowest BCUT2D eigenvalue weighted by Gasteiger charge is -2.23. The summed E-state index contributed by atoms with van der Waals surface area (Å²) in [7, 11) is 1.65. The van der Waals surface area contributed by atoms with Crippen LogP contribution in [0.15, 0.2) is 48.0 Å². The number of nitrogens with zero attached hydrogens (tertiary/aromatic N) is 2. The summed E-state index contributed by atoms with van der Waals surface area (Å²) in [6.07, 6.45) is 2.31. The molecular formula is C18H17N3O2S. The van der Waals surface area contributed by atoms with Gasteiger partial charge in [-0.2, -0.15) is 5.10 Å². The zero-order chi connectivity index (χ0) is 16.5. The Morgan fingerprint density at radius 2 is 2.17 bits per heavy atom. The van der Waals surface area contributed by atoms with Gasteiger partial charge in [0, 0.05) is 22.8 Å². The summed E-state index contributed by atoms with van der Waals surface area (Å²) < 4.78 is 7.09. The molecule has 0 bridgehead atoms. The third kappa shape index (κ3) is 2.69. The van der Waals surface area contributed by atoms with Crippen molar-refractivity contribution in [1.29, 1.82) is 0 Å². The van der Waals surface area contributed by atoms with E-state index in [9.17, 15) is 4.79 Å². The molecule has 0 saturated heterocycles. The zero-order valence-electron chi connectivity index (χ0n) is 13.2. The number of thiophene rings is 1. The first kappa shape index (κ1) is 15.0. The Kier molecular flexibility index (Phi) is 3.82. The molecule has 2 aromatic heterocycles. The van der Waals surface area contributed by atoms with E-state index < -0.39 is 0 Å². The van der Waals surface area contributed by atoms with E-state index in [1.807, 2.05) is 46.6 Å². The Labute approximate surface area is 143 Å². The number of anilines is 1. The van der Waals surface area contributed by atoms with Gasteiger partial charge in [-0.1, -0.05) is 18.2 Å². The molecule has 0 radical (unpaired) electrons. The van der Waals surface area contributed by atoms with Crippen LogP contribution in [0.3, 0.4) is 0 Å². The van der Waals surface area contributed by atoms with Crippen LogP contribution in [0, 0.1) is 0 Å². The Morgan fingerprint density at radius 3 is 2.88 bits per heavy atom. The number of fused-ring (bicyclic) bond motifs is 1. The number of ether oxygens (including phenoxy) is 1. The maximum atomic E-state index is 12.2. The van der Waals surface area contributed by atoms with E-state index in [1.165, 1.54) is 4.88 Å². The molecule has 5 nitrogen and oxygen atoms in total. The van der Waals surface area contributed by atoms with Crippen LogP contribution in [-0.4, -0.2) is 22.8 Å². The molecule has 4 rings (SSSR count). The molecule has 0 fully saturated rings. The van der Waals surface area contributed by atoms with Crippen molar-refractivity contribution in [2.75, 3.05) is 12.4 Å². The fraction of sp³-hybridized carbons (Fsp3) is 0.222. The van der Waals surface area contributed by atoms with E-state index in [4.69, 9.17) is 4.74 Å². The fourth-order valence-corrected chi connectivity index (χ4v) is 3.76. The van der Waals surface area contributed by atoms with Crippen LogP contribution < -0.4 is 10.1 Å². The highest BCUT2D eigenvalue weighted by molar-refractivity contribution is 7.09. The van der Waals surface area contributed by atoms with Crippen LogP contribution in [-0.2, 0) is 11.3 Å². The maximum Gasteiger partial charge on any atom is 0.226 e. The number of methoxy groups -OCH3 is 1. The number of carbonyl (C=O) groups excluding carboxylic acids is 1. The number of rotatable bonds is 4. The number of hydrogen-bond donors (Lipinski definition) is 1. The summed E-state index contributed by atoms with van der Waals surface area (Å²) in [5.74, 6) is 1.67. The Bertz CT molecular complexity index is 853. The molecule has 3 heterocycles. The predicted molar refractivity (Wildman–Crippen MR) is 93.7 cm³/mol. The fourth-order valence-electron chi connectivity index (χ4n) is 3.07. The van der Waals surface area contributed by atoms with Gasteiger partial charge in [-0.15, -0.1) is 11.3 Å². The van der Waals surface area contributed by atoms with Crippen molar-refractivity contribution in [3.8, 4) is 5.75 Å². The highest BCUT2D eigenvalue weighted by Gasteiger charge is 2.30. The highest BCUT2D eigenvalue weighted by Crippen LogP contribution is 2.37. The molecule has 1 atom stereocenters. The van der Waals surface area contributed by atoms with Gasteiger partial charge in [0.05, 0.1) is 19.9 Å². The topological polar surface area (TPSA) is 56.1 Å². The van der Waals surface area contributed by atoms with Crippen molar-refractivity contribution >= 4 is 23.1 Å². The first-order chi connectivity index (χ1) is 11.7. The van der Waals surface area contributed by atoms with E-state index in [0.717, 1.165) is 22.7 Å². The Morgan fingerprint density at radius 1 is 1.33 bits per heavy atom. The number of nitrogens with one attached hydrogen (secondary N) is 1. The van der Waals surface area contributed by atoms with Gasteiger partial charge in [0.1, 0.15) is 11.6 Å². The molecule has 24 heavy (non-hydrogen) atoms. The molecular weight excluding hydrogens is 322 g/mol. The van der Waals surface area contributed by atoms with Gasteiger partial charge < -0.3 is 10.1 Å². The quantitative estimate of drug-likeness (QED) is 0.792. The minimum atomic E-state index is 0.0243. The molecule has 1 aromatic carbocycles. The van der Waals surface area contributed by atoms with Gasteiger partial charge in [0.25, 0.3) is 0 Å². The lowest BCUT2D eigenvalue weighted by Crippen LogP contribution is -2.25. The lowest BCUT2D eigenvalue weighted by atomic mass is 9.87. The molecule has 1 N–H and O–H groups in total. The van der Waals surface area contributed by atoms with Crippen LogP contribution in [0.1, 0.15) is 28.3 Å². The third-order valence-corrected chi connectivity index (χ3v) is 5.16. The van der Waals surface area contributed by atoms with E-state index in [0.29, 0.717) is 13.0 Å². The second-order valence-electron chi connectivity index (χ2n) is 5.76. The molecule has 3 aromatic rings. The average molecular weight is 339 g/mol. The summed E-state index contributed by atoms with van der Waals surface area (Å²) in [4.78, 5) is 13.4. The highest BCUT2D eigenvalue weighted by atomic mass is 32.1. The third-order valence-electron chi connectivity index (χ3n) is 4.29. The molecule has 0 spiro atoms. The number of hydrogen-bond acceptors (Lipinski definition) is 4. The second-order valence-corrected chi connectivity index (χ2v) is 6.80. The Balaban J connectivity index is 1.69. The largest absolute Gasteiger partial charge is 0.497 e. The summed E-state index contributed by atoms with van der Waals surface area (Å²) in [5.41, 5.74) is 2.17. The molecule has 0 aliphatic carbocycles. The van der Waals surface area contributed by atoms with Gasteiger partial charge in [-0.05, 0) is 29.1 Å². The number of benzene rings is 1. The number of amides is 1. The predicted octanol–water partition coefficient (Wildman–Crippen LogP) is 3.48. The number of aromatic nitrogens is 2. The molecule has 1 aliphatic rings. The maximum absolute atomic E-state index is 12.2. The molecule has 1 aliphatic heterocycles. The van der Waals surface area contributed by atoms with Crippen LogP contribution in [0.5, 0.6) is 5.75 Å². The summed E-state index contributed by atoms with van der Waals surface area (Å²) in [5, 5.41) is 9.53. The number of carbonyl (C=O) groups is 1. The lowest BCUT2D eigenvalue weighted by molar-refractivity contribution is -0.116. The van der Waals surface area contributed by atoms with Gasteiger partial charge >= 0.3 is 0 Å². The summed E-state index contributed by atoms with van der Waals surface area (Å²) in [6, 6.07) is 12.0. The van der Waals surface area contributed by atoms with E-state index in [1.54, 1.807) is 18.4 Å². The van der Waals surface area contributed by atoms with Crippen molar-refractivity contribution in [2.45, 2.75) is 18.9 Å². The summed E-state index contributed by atoms with van der Waals surface area (Å²) >= 11 is 1.69. The minimum absolute atomic E-state index is 0.0243. The molecule has 6 heteroatoms. The van der Waals surface area contributed by atoms with Crippen LogP contribution in [0.4, 0.5) is 5.82 Å². The smallest absolute Gasteiger partial charge is 0.226 e. The van der Waals surface area contributed by atoms with Crippen molar-refractivity contribution in [2.24, 2.45) is 0 Å². The molecule has 0 saturated carbocycles. The van der Waals surface area contributed by atoms with Gasteiger partial charge in [0.15, 0.2) is 0 Å². The molecule has 1 amide bonds. The van der Waals surface area contributed by atoms with Crippen molar-refractivity contribution in [1.82, 2.24) is 9.78 Å². The van der Waals surface area contributed by atoms with Crippen LogP contribution in [0.25, 0.3) is 0 Å². The normalized spacial score (nSPS) is 16.5. The standard InChI is InChI=1S/C18H17N3O2S/c1-23-13-6-4-12(5-7-13)15-9-17(22)20-18-16(15)10-19-21(18)11-14-3-2-8-24-14/h2-8,10,15H,9,11H2,1H3,(H,20,22). The van der Waals surface area contributed by atoms with Gasteiger partial charge in [0.2, 0.25) is 5.91 Å². The first-order valence-electron chi connectivity index (χ1n) is 7.76. The van der Waals surface area contributed by atoms with Gasteiger partial charge in [-0.25, -0.2) is 4.68 Å². The monoisotopic (exact) mass is 339 g/mol. The Hall–Kier alpha value is -2.60. The molecule has 122 valence electrons. The van der Waals surface area contributed by atoms with E-state index >= 15 is 0 Å². The van der Waals surface area contributed by atoms with Crippen molar-refractivity contribution in [3.05, 3.63) is 64.0 Å². The minimum Gasteiger partial charge on any atom is -0.497 e. The first-order valence-corrected chi connectivity index (χ1v) is 8.64. The van der Waals surface area contributed by atoms with Crippen LogP contribution >= 0.6 is 11.3 Å². The van der Waals surface area contributed by atoms with Crippen molar-refractivity contribution < 1.29 is 9.53 Å². The van der Waals surface area contributed by atoms with Crippen molar-refractivity contribution in [3.63, 3.8) is 0 Å². The van der Waals surface area contributed by atoms with E-state index in [-0.39, 0.29) is 11.8 Å². The second kappa shape index (κ2) is 6.13.